The maximum Gasteiger partial charge on any atom is 0.146 e. The van der Waals surface area contributed by atoms with Crippen LogP contribution < -0.4 is 4.90 Å². The summed E-state index contributed by atoms with van der Waals surface area (Å²) < 4.78 is 14.0. The van der Waals surface area contributed by atoms with Crippen LogP contribution in [0.4, 0.5) is 10.1 Å². The van der Waals surface area contributed by atoms with Gasteiger partial charge < -0.3 is 4.90 Å². The Bertz CT molecular complexity index is 346. The van der Waals surface area contributed by atoms with Crippen molar-refractivity contribution in [3.8, 4) is 6.07 Å². The Kier molecular flexibility index (Phi) is 3.26. The quantitative estimate of drug-likeness (QED) is 0.746. The van der Waals surface area contributed by atoms with Crippen LogP contribution in [0.25, 0.3) is 0 Å². The number of hydrogen-bond donors (Lipinski definition) is 0. The van der Waals surface area contributed by atoms with Gasteiger partial charge in [-0.05, 0) is 18.2 Å². The van der Waals surface area contributed by atoms with Gasteiger partial charge in [0.05, 0.1) is 11.8 Å². The number of halogens is 2. The van der Waals surface area contributed by atoms with E-state index in [1.807, 2.05) is 6.07 Å². The zero-order chi connectivity index (χ0) is 9.84. The van der Waals surface area contributed by atoms with Crippen LogP contribution in [0.1, 0.15) is 0 Å². The summed E-state index contributed by atoms with van der Waals surface area (Å²) in [7, 11) is 1.67. The molecule has 1 aromatic carbocycles. The number of anilines is 1. The van der Waals surface area contributed by atoms with Crippen molar-refractivity contribution in [3.63, 3.8) is 0 Å². The highest BCUT2D eigenvalue weighted by atomic mass is 79.9. The van der Waals surface area contributed by atoms with Crippen molar-refractivity contribution < 1.29 is 4.39 Å². The first-order chi connectivity index (χ1) is 6.15. The first kappa shape index (κ1) is 10.0. The number of nitriles is 1. The highest BCUT2D eigenvalue weighted by Crippen LogP contribution is 2.22. The zero-order valence-electron chi connectivity index (χ0n) is 7.09. The molecule has 2 nitrogen and oxygen atoms in total. The highest BCUT2D eigenvalue weighted by molar-refractivity contribution is 9.10. The molecule has 0 bridgehead atoms. The second-order valence-corrected chi connectivity index (χ2v) is 3.53. The van der Waals surface area contributed by atoms with Crippen LogP contribution in [-0.2, 0) is 0 Å². The van der Waals surface area contributed by atoms with Crippen molar-refractivity contribution in [2.24, 2.45) is 0 Å². The molecule has 0 heterocycles. The minimum Gasteiger partial charge on any atom is -0.359 e. The summed E-state index contributed by atoms with van der Waals surface area (Å²) in [6.45, 7) is 0.174. The van der Waals surface area contributed by atoms with Crippen LogP contribution in [0.15, 0.2) is 22.7 Å². The minimum atomic E-state index is -0.319. The predicted octanol–water partition coefficient (Wildman–Crippen LogP) is 2.55. The summed E-state index contributed by atoms with van der Waals surface area (Å²) >= 11 is 3.24. The molecule has 0 amide bonds. The van der Waals surface area contributed by atoms with Gasteiger partial charge in [-0.25, -0.2) is 4.39 Å². The third-order valence-corrected chi connectivity index (χ3v) is 2.12. The topological polar surface area (TPSA) is 27.0 Å². The van der Waals surface area contributed by atoms with Gasteiger partial charge in [-0.2, -0.15) is 5.26 Å². The van der Waals surface area contributed by atoms with E-state index >= 15 is 0 Å². The Morgan fingerprint density at radius 3 is 2.92 bits per heavy atom. The average Bonchev–Trinajstić information content (AvgIpc) is 2.09. The molecule has 1 aromatic rings. The van der Waals surface area contributed by atoms with Crippen molar-refractivity contribution >= 4 is 21.6 Å². The molecule has 0 unspecified atom stereocenters. The Morgan fingerprint density at radius 1 is 1.62 bits per heavy atom. The molecule has 0 fully saturated rings. The molecule has 0 aliphatic rings. The van der Waals surface area contributed by atoms with E-state index in [1.165, 1.54) is 6.07 Å². The van der Waals surface area contributed by atoms with Crippen LogP contribution in [0.3, 0.4) is 0 Å². The van der Waals surface area contributed by atoms with Gasteiger partial charge in [0.25, 0.3) is 0 Å². The molecule has 4 heteroatoms. The van der Waals surface area contributed by atoms with Gasteiger partial charge in [0.15, 0.2) is 0 Å². The second kappa shape index (κ2) is 4.24. The molecule has 0 radical (unpaired) electrons. The monoisotopic (exact) mass is 242 g/mol. The average molecular weight is 243 g/mol. The van der Waals surface area contributed by atoms with E-state index in [1.54, 1.807) is 24.1 Å². The van der Waals surface area contributed by atoms with Gasteiger partial charge in [0.1, 0.15) is 12.4 Å². The summed E-state index contributed by atoms with van der Waals surface area (Å²) in [5.74, 6) is -0.319. The largest absolute Gasteiger partial charge is 0.359 e. The van der Waals surface area contributed by atoms with E-state index in [0.717, 1.165) is 4.47 Å². The summed E-state index contributed by atoms with van der Waals surface area (Å²) in [4.78, 5) is 1.56. The minimum absolute atomic E-state index is 0.174. The van der Waals surface area contributed by atoms with Crippen molar-refractivity contribution in [1.82, 2.24) is 0 Å². The van der Waals surface area contributed by atoms with E-state index in [2.05, 4.69) is 15.9 Å². The molecule has 13 heavy (non-hydrogen) atoms. The fraction of sp³-hybridized carbons (Fsp3) is 0.222. The lowest BCUT2D eigenvalue weighted by Gasteiger charge is -2.15. The van der Waals surface area contributed by atoms with E-state index in [-0.39, 0.29) is 12.4 Å². The van der Waals surface area contributed by atoms with Gasteiger partial charge >= 0.3 is 0 Å². The molecule has 0 spiro atoms. The number of rotatable bonds is 2. The maximum atomic E-state index is 13.2. The van der Waals surface area contributed by atoms with Crippen LogP contribution in [0.5, 0.6) is 0 Å². The third kappa shape index (κ3) is 2.43. The van der Waals surface area contributed by atoms with E-state index in [4.69, 9.17) is 5.26 Å². The van der Waals surface area contributed by atoms with Gasteiger partial charge in [0, 0.05) is 11.5 Å². The highest BCUT2D eigenvalue weighted by Gasteiger charge is 2.06. The van der Waals surface area contributed by atoms with Gasteiger partial charge in [-0.3, -0.25) is 0 Å². The second-order valence-electron chi connectivity index (χ2n) is 2.61. The van der Waals surface area contributed by atoms with E-state index in [0.29, 0.717) is 5.69 Å². The predicted molar refractivity (Wildman–Crippen MR) is 53.0 cm³/mol. The van der Waals surface area contributed by atoms with Gasteiger partial charge in [-0.15, -0.1) is 0 Å². The molecule has 0 aliphatic carbocycles. The Hall–Kier alpha value is -1.08. The summed E-state index contributed by atoms with van der Waals surface area (Å²) in [5.41, 5.74) is 0.427. The third-order valence-electron chi connectivity index (χ3n) is 1.63. The molecule has 0 aliphatic heterocycles. The molecule has 0 saturated heterocycles. The molecule has 0 saturated carbocycles. The van der Waals surface area contributed by atoms with Crippen LogP contribution in [0, 0.1) is 17.1 Å². The van der Waals surface area contributed by atoms with Crippen molar-refractivity contribution in [2.75, 3.05) is 18.5 Å². The van der Waals surface area contributed by atoms with E-state index < -0.39 is 0 Å². The number of hydrogen-bond acceptors (Lipinski definition) is 2. The fourth-order valence-corrected chi connectivity index (χ4v) is 1.32. The Balaban J connectivity index is 3.00. The molecule has 0 N–H and O–H groups in total. The maximum absolute atomic E-state index is 13.2. The molecule has 0 aromatic heterocycles. The summed E-state index contributed by atoms with van der Waals surface area (Å²) in [5, 5.41) is 8.43. The van der Waals surface area contributed by atoms with Gasteiger partial charge in [-0.1, -0.05) is 15.9 Å². The molecular weight excluding hydrogens is 235 g/mol. The Morgan fingerprint density at radius 2 is 2.31 bits per heavy atom. The van der Waals surface area contributed by atoms with Crippen molar-refractivity contribution in [1.29, 1.82) is 5.26 Å². The van der Waals surface area contributed by atoms with Crippen molar-refractivity contribution in [3.05, 3.63) is 28.5 Å². The Labute approximate surface area is 84.7 Å². The van der Waals surface area contributed by atoms with Gasteiger partial charge in [0.2, 0.25) is 0 Å². The molecule has 1 rings (SSSR count). The molecule has 0 atom stereocenters. The lowest BCUT2D eigenvalue weighted by Crippen LogP contribution is -2.18. The zero-order valence-corrected chi connectivity index (χ0v) is 8.68. The molecule has 68 valence electrons. The molecular formula is C9H8BrFN2. The standard InChI is InChI=1S/C9H8BrFN2/c1-13(5-4-12)9-6-7(10)2-3-8(9)11/h2-3,6H,5H2,1H3. The van der Waals surface area contributed by atoms with Crippen LogP contribution in [0.2, 0.25) is 0 Å². The summed E-state index contributed by atoms with van der Waals surface area (Å²) in [6.07, 6.45) is 0. The number of benzene rings is 1. The van der Waals surface area contributed by atoms with Crippen LogP contribution in [-0.4, -0.2) is 13.6 Å². The smallest absolute Gasteiger partial charge is 0.146 e. The number of nitrogens with zero attached hydrogens (tertiary/aromatic N) is 2. The first-order valence-corrected chi connectivity index (χ1v) is 4.47. The first-order valence-electron chi connectivity index (χ1n) is 3.68. The fourth-order valence-electron chi connectivity index (χ4n) is 0.970. The van der Waals surface area contributed by atoms with Crippen molar-refractivity contribution in [2.45, 2.75) is 0 Å². The van der Waals surface area contributed by atoms with E-state index in [9.17, 15) is 4.39 Å². The lowest BCUT2D eigenvalue weighted by atomic mass is 10.3. The SMILES string of the molecule is CN(CC#N)c1cc(Br)ccc1F. The lowest BCUT2D eigenvalue weighted by molar-refractivity contribution is 0.624. The summed E-state index contributed by atoms with van der Waals surface area (Å²) in [6, 6.07) is 6.59. The van der Waals surface area contributed by atoms with Crippen LogP contribution >= 0.6 is 15.9 Å². The normalized spacial score (nSPS) is 9.38.